The van der Waals surface area contributed by atoms with Gasteiger partial charge in [0, 0.05) is 5.56 Å². The second kappa shape index (κ2) is 7.68. The van der Waals surface area contributed by atoms with Crippen molar-refractivity contribution in [1.29, 1.82) is 0 Å². The van der Waals surface area contributed by atoms with E-state index in [2.05, 4.69) is 0 Å². The van der Waals surface area contributed by atoms with Crippen LogP contribution in [-0.2, 0) is 11.2 Å². The van der Waals surface area contributed by atoms with Crippen LogP contribution >= 0.6 is 0 Å². The standard InChI is InChI=1S/C18H19FO5/c1-22-15-8-7-13(16(23-2)17(15)24-3)14(18(20)21)10-11-5-4-6-12(19)9-11/h4-9,14H,10H2,1-3H3,(H,20,21). The van der Waals surface area contributed by atoms with Crippen LogP contribution in [0.5, 0.6) is 17.2 Å². The number of rotatable bonds is 7. The molecule has 0 aliphatic carbocycles. The third-order valence-electron chi connectivity index (χ3n) is 3.74. The Morgan fingerprint density at radius 1 is 1.08 bits per heavy atom. The average molecular weight is 334 g/mol. The summed E-state index contributed by atoms with van der Waals surface area (Å²) in [5.74, 6) is -1.31. The van der Waals surface area contributed by atoms with Crippen molar-refractivity contribution in [2.45, 2.75) is 12.3 Å². The van der Waals surface area contributed by atoms with Crippen molar-refractivity contribution in [1.82, 2.24) is 0 Å². The van der Waals surface area contributed by atoms with Crippen LogP contribution in [0.1, 0.15) is 17.0 Å². The predicted molar refractivity (Wildman–Crippen MR) is 86.6 cm³/mol. The number of carbonyl (C=O) groups is 1. The van der Waals surface area contributed by atoms with Crippen LogP contribution in [0.4, 0.5) is 4.39 Å². The Bertz CT molecular complexity index is 729. The van der Waals surface area contributed by atoms with Crippen LogP contribution in [0.15, 0.2) is 36.4 Å². The molecule has 2 aromatic rings. The molecule has 0 saturated heterocycles. The Morgan fingerprint density at radius 2 is 1.79 bits per heavy atom. The summed E-state index contributed by atoms with van der Waals surface area (Å²) in [4.78, 5) is 11.8. The van der Waals surface area contributed by atoms with Gasteiger partial charge >= 0.3 is 5.97 Å². The largest absolute Gasteiger partial charge is 0.493 e. The highest BCUT2D eigenvalue weighted by Gasteiger charge is 2.27. The fourth-order valence-corrected chi connectivity index (χ4v) is 2.63. The van der Waals surface area contributed by atoms with E-state index in [1.165, 1.54) is 33.5 Å². The average Bonchev–Trinajstić information content (AvgIpc) is 2.58. The van der Waals surface area contributed by atoms with Gasteiger partial charge < -0.3 is 19.3 Å². The number of methoxy groups -OCH3 is 3. The maximum Gasteiger partial charge on any atom is 0.311 e. The van der Waals surface area contributed by atoms with E-state index >= 15 is 0 Å². The first-order valence-electron chi connectivity index (χ1n) is 7.28. The van der Waals surface area contributed by atoms with Gasteiger partial charge in [-0.25, -0.2) is 4.39 Å². The van der Waals surface area contributed by atoms with Crippen LogP contribution < -0.4 is 14.2 Å². The highest BCUT2D eigenvalue weighted by Crippen LogP contribution is 2.43. The molecular formula is C18H19FO5. The molecule has 2 rings (SSSR count). The fraction of sp³-hybridized carbons (Fsp3) is 0.278. The van der Waals surface area contributed by atoms with Gasteiger partial charge in [-0.2, -0.15) is 0 Å². The molecule has 1 atom stereocenters. The minimum atomic E-state index is -1.04. The van der Waals surface area contributed by atoms with E-state index < -0.39 is 17.7 Å². The Labute approximate surface area is 139 Å². The van der Waals surface area contributed by atoms with Gasteiger partial charge in [-0.15, -0.1) is 0 Å². The lowest BCUT2D eigenvalue weighted by atomic mass is 9.91. The molecule has 0 bridgehead atoms. The van der Waals surface area contributed by atoms with Gasteiger partial charge in [0.05, 0.1) is 27.2 Å². The molecule has 0 fully saturated rings. The number of carboxylic acids is 1. The van der Waals surface area contributed by atoms with Gasteiger partial charge in [-0.1, -0.05) is 18.2 Å². The van der Waals surface area contributed by atoms with Crippen molar-refractivity contribution in [2.24, 2.45) is 0 Å². The second-order valence-electron chi connectivity index (χ2n) is 5.15. The minimum absolute atomic E-state index is 0.124. The molecule has 0 aliphatic rings. The third kappa shape index (κ3) is 3.59. The van der Waals surface area contributed by atoms with Gasteiger partial charge in [0.15, 0.2) is 11.5 Å². The topological polar surface area (TPSA) is 65.0 Å². The van der Waals surface area contributed by atoms with Crippen molar-refractivity contribution in [3.8, 4) is 17.2 Å². The van der Waals surface area contributed by atoms with E-state index in [1.54, 1.807) is 24.3 Å². The minimum Gasteiger partial charge on any atom is -0.493 e. The first kappa shape index (κ1) is 17.6. The second-order valence-corrected chi connectivity index (χ2v) is 5.15. The van der Waals surface area contributed by atoms with Crippen LogP contribution in [0, 0.1) is 5.82 Å². The number of halogens is 1. The molecule has 0 heterocycles. The SMILES string of the molecule is COc1ccc(C(Cc2cccc(F)c2)C(=O)O)c(OC)c1OC. The van der Waals surface area contributed by atoms with Crippen molar-refractivity contribution < 1.29 is 28.5 Å². The summed E-state index contributed by atoms with van der Waals surface area (Å²) >= 11 is 0. The Hall–Kier alpha value is -2.76. The first-order valence-corrected chi connectivity index (χ1v) is 7.28. The number of carboxylic acid groups (broad SMARTS) is 1. The van der Waals surface area contributed by atoms with Crippen LogP contribution in [0.3, 0.4) is 0 Å². The summed E-state index contributed by atoms with van der Waals surface area (Å²) in [6, 6.07) is 9.12. The zero-order valence-electron chi connectivity index (χ0n) is 13.7. The molecule has 0 radical (unpaired) electrons. The molecule has 0 spiro atoms. The van der Waals surface area contributed by atoms with Gasteiger partial charge in [0.2, 0.25) is 5.75 Å². The lowest BCUT2D eigenvalue weighted by Crippen LogP contribution is -2.16. The predicted octanol–water partition coefficient (Wildman–Crippen LogP) is 3.26. The zero-order chi connectivity index (χ0) is 17.7. The smallest absolute Gasteiger partial charge is 0.311 e. The van der Waals surface area contributed by atoms with Gasteiger partial charge in [0.1, 0.15) is 5.82 Å². The number of hydrogen-bond donors (Lipinski definition) is 1. The lowest BCUT2D eigenvalue weighted by Gasteiger charge is -2.20. The van der Waals surface area contributed by atoms with E-state index in [0.29, 0.717) is 28.4 Å². The molecule has 1 N–H and O–H groups in total. The Kier molecular flexibility index (Phi) is 5.63. The van der Waals surface area contributed by atoms with E-state index in [9.17, 15) is 14.3 Å². The zero-order valence-corrected chi connectivity index (χ0v) is 13.7. The molecule has 0 saturated carbocycles. The van der Waals surface area contributed by atoms with Gasteiger partial charge in [-0.05, 0) is 30.2 Å². The van der Waals surface area contributed by atoms with Crippen LogP contribution in [-0.4, -0.2) is 32.4 Å². The van der Waals surface area contributed by atoms with Crippen molar-refractivity contribution in [3.05, 3.63) is 53.3 Å². The van der Waals surface area contributed by atoms with E-state index in [1.807, 2.05) is 0 Å². The van der Waals surface area contributed by atoms with E-state index in [4.69, 9.17) is 14.2 Å². The van der Waals surface area contributed by atoms with Crippen molar-refractivity contribution in [3.63, 3.8) is 0 Å². The van der Waals surface area contributed by atoms with Crippen LogP contribution in [0.25, 0.3) is 0 Å². The number of hydrogen-bond acceptors (Lipinski definition) is 4. The van der Waals surface area contributed by atoms with E-state index in [0.717, 1.165) is 0 Å². The molecule has 6 heteroatoms. The third-order valence-corrected chi connectivity index (χ3v) is 3.74. The van der Waals surface area contributed by atoms with Gasteiger partial charge in [-0.3, -0.25) is 4.79 Å². The molecule has 24 heavy (non-hydrogen) atoms. The first-order chi connectivity index (χ1) is 11.5. The van der Waals surface area contributed by atoms with Crippen LogP contribution in [0.2, 0.25) is 0 Å². The summed E-state index contributed by atoms with van der Waals surface area (Å²) in [5.41, 5.74) is 1.02. The normalized spacial score (nSPS) is 11.7. The molecule has 0 aliphatic heterocycles. The van der Waals surface area contributed by atoms with Crippen molar-refractivity contribution in [2.75, 3.05) is 21.3 Å². The maximum absolute atomic E-state index is 13.4. The summed E-state index contributed by atoms with van der Waals surface area (Å²) in [6.45, 7) is 0. The summed E-state index contributed by atoms with van der Waals surface area (Å²) in [6.07, 6.45) is 0.124. The fourth-order valence-electron chi connectivity index (χ4n) is 2.63. The molecular weight excluding hydrogens is 315 g/mol. The summed E-state index contributed by atoms with van der Waals surface area (Å²) in [7, 11) is 4.37. The molecule has 0 amide bonds. The summed E-state index contributed by atoms with van der Waals surface area (Å²) in [5, 5.41) is 9.65. The maximum atomic E-state index is 13.4. The molecule has 128 valence electrons. The Balaban J connectivity index is 2.50. The highest BCUT2D eigenvalue weighted by atomic mass is 19.1. The molecule has 1 unspecified atom stereocenters. The molecule has 5 nitrogen and oxygen atoms in total. The monoisotopic (exact) mass is 334 g/mol. The Morgan fingerprint density at radius 3 is 2.33 bits per heavy atom. The molecule has 2 aromatic carbocycles. The number of benzene rings is 2. The molecule has 0 aromatic heterocycles. The van der Waals surface area contributed by atoms with Crippen molar-refractivity contribution >= 4 is 5.97 Å². The number of ether oxygens (including phenoxy) is 3. The lowest BCUT2D eigenvalue weighted by molar-refractivity contribution is -0.138. The van der Waals surface area contributed by atoms with E-state index in [-0.39, 0.29) is 6.42 Å². The quantitative estimate of drug-likeness (QED) is 0.842. The highest BCUT2D eigenvalue weighted by molar-refractivity contribution is 5.79. The van der Waals surface area contributed by atoms with Gasteiger partial charge in [0.25, 0.3) is 0 Å². The number of aliphatic carboxylic acids is 1. The summed E-state index contributed by atoms with van der Waals surface area (Å²) < 4.78 is 29.2.